The molecule has 1 fully saturated rings. The molecule has 0 bridgehead atoms. The van der Waals surface area contributed by atoms with E-state index in [1.807, 2.05) is 26.0 Å². The molecule has 1 unspecified atom stereocenters. The Balaban J connectivity index is 1.50. The first kappa shape index (κ1) is 20.9. The zero-order chi connectivity index (χ0) is 21.0. The van der Waals surface area contributed by atoms with Crippen molar-refractivity contribution < 1.29 is 14.0 Å². The number of hydrogen-bond donors (Lipinski definition) is 2. The van der Waals surface area contributed by atoms with Crippen molar-refractivity contribution in [2.75, 3.05) is 23.7 Å². The van der Waals surface area contributed by atoms with E-state index in [4.69, 9.17) is 0 Å². The summed E-state index contributed by atoms with van der Waals surface area (Å²) in [5.41, 5.74) is 2.03. The van der Waals surface area contributed by atoms with Crippen LogP contribution in [0.1, 0.15) is 30.9 Å². The third kappa shape index (κ3) is 5.38. The van der Waals surface area contributed by atoms with Crippen LogP contribution in [0, 0.1) is 25.6 Å². The first-order valence-electron chi connectivity index (χ1n) is 9.88. The second-order valence-electron chi connectivity index (χ2n) is 7.65. The summed E-state index contributed by atoms with van der Waals surface area (Å²) in [7, 11) is 0. The van der Waals surface area contributed by atoms with Crippen molar-refractivity contribution in [2.45, 2.75) is 39.7 Å². The summed E-state index contributed by atoms with van der Waals surface area (Å²) < 4.78 is 13.7. The number of hydrogen-bond acceptors (Lipinski definition) is 4. The predicted octanol–water partition coefficient (Wildman–Crippen LogP) is 3.52. The molecule has 7 heteroatoms. The molecule has 2 heterocycles. The number of halogens is 1. The molecule has 1 aromatic heterocycles. The van der Waals surface area contributed by atoms with Crippen molar-refractivity contribution in [3.05, 3.63) is 53.5 Å². The summed E-state index contributed by atoms with van der Waals surface area (Å²) in [4.78, 5) is 31.3. The van der Waals surface area contributed by atoms with Crippen molar-refractivity contribution in [3.8, 4) is 0 Å². The molecule has 1 atom stereocenters. The van der Waals surface area contributed by atoms with E-state index in [1.54, 1.807) is 25.3 Å². The van der Waals surface area contributed by atoms with Crippen molar-refractivity contribution >= 4 is 23.3 Å². The molecule has 0 saturated carbocycles. The standard InChI is InChI=1S/C22H27FN4O2/c1-14-6-9-24-20(12-14)26-22(29)17-7-10-27(11-8-17)16(3)21(28)25-18-5-4-15(2)19(23)13-18/h4-6,9,12-13,16-17H,7-8,10-11H2,1-3H3,(H,25,28)(H,24,26,29). The minimum Gasteiger partial charge on any atom is -0.325 e. The number of rotatable bonds is 5. The van der Waals surface area contributed by atoms with Gasteiger partial charge in [-0.1, -0.05) is 6.07 Å². The Morgan fingerprint density at radius 2 is 1.86 bits per heavy atom. The van der Waals surface area contributed by atoms with Gasteiger partial charge in [-0.15, -0.1) is 0 Å². The molecule has 2 aromatic rings. The molecule has 0 radical (unpaired) electrons. The van der Waals surface area contributed by atoms with Gasteiger partial charge in [0.05, 0.1) is 6.04 Å². The summed E-state index contributed by atoms with van der Waals surface area (Å²) in [6.07, 6.45) is 3.02. The topological polar surface area (TPSA) is 74.3 Å². The number of carbonyl (C=O) groups excluding carboxylic acids is 2. The van der Waals surface area contributed by atoms with E-state index in [0.29, 0.717) is 43.0 Å². The van der Waals surface area contributed by atoms with Gasteiger partial charge in [-0.3, -0.25) is 14.5 Å². The number of nitrogens with one attached hydrogen (secondary N) is 2. The lowest BCUT2D eigenvalue weighted by molar-refractivity contribution is -0.123. The number of aryl methyl sites for hydroxylation is 2. The van der Waals surface area contributed by atoms with Crippen LogP contribution < -0.4 is 10.6 Å². The molecule has 2 amide bonds. The van der Waals surface area contributed by atoms with Crippen molar-refractivity contribution in [1.29, 1.82) is 0 Å². The monoisotopic (exact) mass is 398 g/mol. The Morgan fingerprint density at radius 1 is 1.14 bits per heavy atom. The van der Waals surface area contributed by atoms with E-state index in [0.717, 1.165) is 5.56 Å². The zero-order valence-electron chi connectivity index (χ0n) is 17.0. The van der Waals surface area contributed by atoms with E-state index < -0.39 is 0 Å². The largest absolute Gasteiger partial charge is 0.325 e. The molecule has 1 saturated heterocycles. The van der Waals surface area contributed by atoms with Gasteiger partial charge < -0.3 is 10.6 Å². The van der Waals surface area contributed by atoms with Crippen LogP contribution in [-0.4, -0.2) is 40.8 Å². The summed E-state index contributed by atoms with van der Waals surface area (Å²) >= 11 is 0. The van der Waals surface area contributed by atoms with Crippen LogP contribution in [0.5, 0.6) is 0 Å². The fourth-order valence-electron chi connectivity index (χ4n) is 3.46. The lowest BCUT2D eigenvalue weighted by Crippen LogP contribution is -2.47. The average molecular weight is 398 g/mol. The molecule has 2 N–H and O–H groups in total. The number of likely N-dealkylation sites (tertiary alicyclic amines) is 1. The molecule has 29 heavy (non-hydrogen) atoms. The fourth-order valence-corrected chi connectivity index (χ4v) is 3.46. The Kier molecular flexibility index (Phi) is 6.59. The van der Waals surface area contributed by atoms with Crippen LogP contribution in [-0.2, 0) is 9.59 Å². The highest BCUT2D eigenvalue weighted by atomic mass is 19.1. The van der Waals surface area contributed by atoms with Crippen molar-refractivity contribution in [1.82, 2.24) is 9.88 Å². The third-order valence-electron chi connectivity index (χ3n) is 5.43. The highest BCUT2D eigenvalue weighted by Gasteiger charge is 2.30. The smallest absolute Gasteiger partial charge is 0.241 e. The van der Waals surface area contributed by atoms with Crippen molar-refractivity contribution in [3.63, 3.8) is 0 Å². The number of nitrogens with zero attached hydrogens (tertiary/aromatic N) is 2. The SMILES string of the molecule is Cc1ccnc(NC(=O)C2CCN(C(C)C(=O)Nc3ccc(C)c(F)c3)CC2)c1. The Morgan fingerprint density at radius 3 is 2.52 bits per heavy atom. The lowest BCUT2D eigenvalue weighted by atomic mass is 9.95. The van der Waals surface area contributed by atoms with E-state index in [1.165, 1.54) is 6.07 Å². The average Bonchev–Trinajstić information content (AvgIpc) is 2.70. The van der Waals surface area contributed by atoms with Gasteiger partial charge in [-0.25, -0.2) is 9.37 Å². The molecule has 1 aromatic carbocycles. The maximum absolute atomic E-state index is 13.7. The van der Waals surface area contributed by atoms with Crippen LogP contribution in [0.2, 0.25) is 0 Å². The third-order valence-corrected chi connectivity index (χ3v) is 5.43. The number of carbonyl (C=O) groups is 2. The number of benzene rings is 1. The zero-order valence-corrected chi connectivity index (χ0v) is 17.0. The van der Waals surface area contributed by atoms with Crippen LogP contribution in [0.4, 0.5) is 15.9 Å². The van der Waals surface area contributed by atoms with Crippen LogP contribution in [0.25, 0.3) is 0 Å². The molecule has 0 spiro atoms. The Hall–Kier alpha value is -2.80. The molecule has 1 aliphatic heterocycles. The summed E-state index contributed by atoms with van der Waals surface area (Å²) in [6.45, 7) is 6.76. The van der Waals surface area contributed by atoms with Crippen molar-refractivity contribution in [2.24, 2.45) is 5.92 Å². The Labute approximate surface area is 170 Å². The van der Waals surface area contributed by atoms with Gasteiger partial charge >= 0.3 is 0 Å². The number of aromatic nitrogens is 1. The normalized spacial score (nSPS) is 16.3. The lowest BCUT2D eigenvalue weighted by Gasteiger charge is -2.34. The van der Waals surface area contributed by atoms with Gasteiger partial charge in [0.1, 0.15) is 11.6 Å². The highest BCUT2D eigenvalue weighted by molar-refractivity contribution is 5.94. The predicted molar refractivity (Wildman–Crippen MR) is 111 cm³/mol. The first-order valence-corrected chi connectivity index (χ1v) is 9.88. The van der Waals surface area contributed by atoms with E-state index in [2.05, 4.69) is 20.5 Å². The second-order valence-corrected chi connectivity index (χ2v) is 7.65. The number of piperidine rings is 1. The minimum atomic E-state index is -0.359. The summed E-state index contributed by atoms with van der Waals surface area (Å²) in [5.74, 6) is -0.0917. The summed E-state index contributed by atoms with van der Waals surface area (Å²) in [6, 6.07) is 8.03. The van der Waals surface area contributed by atoms with Crippen LogP contribution in [0.3, 0.4) is 0 Å². The Bertz CT molecular complexity index is 894. The van der Waals surface area contributed by atoms with E-state index >= 15 is 0 Å². The van der Waals surface area contributed by atoms with Gasteiger partial charge in [0.25, 0.3) is 0 Å². The molecule has 0 aliphatic carbocycles. The van der Waals surface area contributed by atoms with Gasteiger partial charge in [0, 0.05) is 17.8 Å². The first-order chi connectivity index (χ1) is 13.8. The number of anilines is 2. The summed E-state index contributed by atoms with van der Waals surface area (Å²) in [5, 5.41) is 5.65. The second kappa shape index (κ2) is 9.13. The molecular formula is C22H27FN4O2. The maximum atomic E-state index is 13.7. The van der Waals surface area contributed by atoms with Gasteiger partial charge in [-0.2, -0.15) is 0 Å². The molecule has 3 rings (SSSR count). The minimum absolute atomic E-state index is 0.0324. The molecule has 6 nitrogen and oxygen atoms in total. The van der Waals surface area contributed by atoms with E-state index in [9.17, 15) is 14.0 Å². The quantitative estimate of drug-likeness (QED) is 0.808. The number of amides is 2. The number of pyridine rings is 1. The molecular weight excluding hydrogens is 371 g/mol. The van der Waals surface area contributed by atoms with E-state index in [-0.39, 0.29) is 29.6 Å². The van der Waals surface area contributed by atoms with Gasteiger partial charge in [0.2, 0.25) is 11.8 Å². The fraction of sp³-hybridized carbons (Fsp3) is 0.409. The van der Waals surface area contributed by atoms with Gasteiger partial charge in [0.15, 0.2) is 0 Å². The van der Waals surface area contributed by atoms with Crippen LogP contribution in [0.15, 0.2) is 36.5 Å². The molecule has 1 aliphatic rings. The highest BCUT2D eigenvalue weighted by Crippen LogP contribution is 2.22. The van der Waals surface area contributed by atoms with Gasteiger partial charge in [-0.05, 0) is 82.1 Å². The molecule has 154 valence electrons. The van der Waals surface area contributed by atoms with Crippen LogP contribution >= 0.6 is 0 Å². The maximum Gasteiger partial charge on any atom is 0.241 e.